The van der Waals surface area contributed by atoms with Crippen molar-refractivity contribution in [3.05, 3.63) is 106 Å². The van der Waals surface area contributed by atoms with E-state index < -0.39 is 0 Å². The quantitative estimate of drug-likeness (QED) is 0.265. The van der Waals surface area contributed by atoms with Gasteiger partial charge in [-0.1, -0.05) is 59.6 Å². The van der Waals surface area contributed by atoms with E-state index >= 15 is 0 Å². The molecular weight excluding hydrogens is 457 g/mol. The molecule has 0 atom stereocenters. The molecule has 0 bridgehead atoms. The lowest BCUT2D eigenvalue weighted by atomic mass is 10.0. The Morgan fingerprint density at radius 3 is 2.45 bits per heavy atom. The number of nitrogens with one attached hydrogen (secondary N) is 1. The Hall–Kier alpha value is -3.21. The van der Waals surface area contributed by atoms with Crippen LogP contribution in [0.3, 0.4) is 0 Å². The molecule has 0 unspecified atom stereocenters. The van der Waals surface area contributed by atoms with Gasteiger partial charge in [0.2, 0.25) is 0 Å². The van der Waals surface area contributed by atoms with Gasteiger partial charge in [0.1, 0.15) is 12.4 Å². The summed E-state index contributed by atoms with van der Waals surface area (Å²) in [6.45, 7) is 3.07. The predicted octanol–water partition coefficient (Wildman–Crippen LogP) is 7.51. The first-order chi connectivity index (χ1) is 16.0. The summed E-state index contributed by atoms with van der Waals surface area (Å²) in [5, 5.41) is 6.70. The fourth-order valence-electron chi connectivity index (χ4n) is 3.55. The van der Waals surface area contributed by atoms with E-state index in [1.807, 2.05) is 42.5 Å². The maximum absolute atomic E-state index is 11.9. The topological polar surface area (TPSA) is 47.6 Å². The number of anilines is 1. The van der Waals surface area contributed by atoms with Crippen LogP contribution in [0.15, 0.2) is 78.9 Å². The van der Waals surface area contributed by atoms with E-state index in [0.717, 1.165) is 33.3 Å². The Morgan fingerprint density at radius 1 is 0.909 bits per heavy atom. The number of fused-ring (bicyclic) bond motifs is 1. The number of halogens is 2. The van der Waals surface area contributed by atoms with Crippen LogP contribution >= 0.6 is 23.2 Å². The highest BCUT2D eigenvalue weighted by Crippen LogP contribution is 2.30. The van der Waals surface area contributed by atoms with E-state index in [4.69, 9.17) is 32.7 Å². The van der Waals surface area contributed by atoms with Crippen molar-refractivity contribution in [2.75, 3.05) is 11.9 Å². The Kier molecular flexibility index (Phi) is 7.38. The van der Waals surface area contributed by atoms with Crippen molar-refractivity contribution < 1.29 is 14.3 Å². The summed E-state index contributed by atoms with van der Waals surface area (Å²) >= 11 is 12.2. The molecule has 0 aromatic heterocycles. The lowest BCUT2D eigenvalue weighted by Crippen LogP contribution is -2.06. The largest absolute Gasteiger partial charge is 0.489 e. The highest BCUT2D eigenvalue weighted by Gasteiger charge is 2.11. The van der Waals surface area contributed by atoms with Crippen molar-refractivity contribution in [1.82, 2.24) is 0 Å². The Bertz CT molecular complexity index is 1270. The molecule has 4 aromatic carbocycles. The predicted molar refractivity (Wildman–Crippen MR) is 134 cm³/mol. The van der Waals surface area contributed by atoms with Gasteiger partial charge in [-0.3, -0.25) is 0 Å². The van der Waals surface area contributed by atoms with E-state index in [-0.39, 0.29) is 5.97 Å². The number of hydrogen-bond acceptors (Lipinski definition) is 4. The third-order valence-corrected chi connectivity index (χ3v) is 5.98. The standard InChI is InChI=1S/C27H23Cl2NO3/c1-2-32-27(31)20-8-11-21(12-9-20)30-16-23-22-6-4-3-5-19(22)10-14-26(23)33-17-18-7-13-24(28)25(29)15-18/h3-15,30H,2,16-17H2,1H3. The molecule has 168 valence electrons. The zero-order valence-electron chi connectivity index (χ0n) is 18.1. The van der Waals surface area contributed by atoms with Gasteiger partial charge in [0, 0.05) is 17.8 Å². The van der Waals surface area contributed by atoms with E-state index in [1.54, 1.807) is 25.1 Å². The summed E-state index contributed by atoms with van der Waals surface area (Å²) in [4.78, 5) is 11.9. The number of carbonyl (C=O) groups is 1. The molecule has 33 heavy (non-hydrogen) atoms. The molecule has 0 spiro atoms. The van der Waals surface area contributed by atoms with Gasteiger partial charge < -0.3 is 14.8 Å². The summed E-state index contributed by atoms with van der Waals surface area (Å²) in [7, 11) is 0. The first kappa shape index (κ1) is 23.0. The number of carbonyl (C=O) groups excluding carboxylic acids is 1. The normalized spacial score (nSPS) is 10.8. The fraction of sp³-hybridized carbons (Fsp3) is 0.148. The number of esters is 1. The molecule has 4 nitrogen and oxygen atoms in total. The van der Waals surface area contributed by atoms with Gasteiger partial charge >= 0.3 is 5.97 Å². The molecule has 0 aliphatic carbocycles. The minimum Gasteiger partial charge on any atom is -0.489 e. The Morgan fingerprint density at radius 2 is 1.70 bits per heavy atom. The summed E-state index contributed by atoms with van der Waals surface area (Å²) < 4.78 is 11.2. The molecule has 1 N–H and O–H groups in total. The van der Waals surface area contributed by atoms with Crippen LogP contribution in [0.25, 0.3) is 10.8 Å². The molecule has 0 saturated heterocycles. The van der Waals surface area contributed by atoms with Crippen molar-refractivity contribution in [3.8, 4) is 5.75 Å². The van der Waals surface area contributed by atoms with Gasteiger partial charge in [0.15, 0.2) is 0 Å². The van der Waals surface area contributed by atoms with Crippen molar-refractivity contribution in [2.45, 2.75) is 20.1 Å². The summed E-state index contributed by atoms with van der Waals surface area (Å²) in [5.74, 6) is 0.464. The monoisotopic (exact) mass is 479 g/mol. The SMILES string of the molecule is CCOC(=O)c1ccc(NCc2c(OCc3ccc(Cl)c(Cl)c3)ccc3ccccc23)cc1. The number of ether oxygens (including phenoxy) is 2. The average Bonchev–Trinajstić information content (AvgIpc) is 2.84. The highest BCUT2D eigenvalue weighted by atomic mass is 35.5. The second-order valence-electron chi connectivity index (χ2n) is 7.45. The first-order valence-corrected chi connectivity index (χ1v) is 11.4. The van der Waals surface area contributed by atoms with Crippen LogP contribution in [-0.2, 0) is 17.9 Å². The maximum Gasteiger partial charge on any atom is 0.338 e. The van der Waals surface area contributed by atoms with E-state index in [1.165, 1.54) is 0 Å². The minimum atomic E-state index is -0.323. The minimum absolute atomic E-state index is 0.323. The highest BCUT2D eigenvalue weighted by molar-refractivity contribution is 6.42. The number of hydrogen-bond donors (Lipinski definition) is 1. The van der Waals surface area contributed by atoms with Crippen LogP contribution in [0.1, 0.15) is 28.4 Å². The zero-order chi connectivity index (χ0) is 23.2. The molecule has 0 radical (unpaired) electrons. The molecular formula is C27H23Cl2NO3. The van der Waals surface area contributed by atoms with Crippen molar-refractivity contribution in [1.29, 1.82) is 0 Å². The third kappa shape index (κ3) is 5.59. The van der Waals surface area contributed by atoms with Gasteiger partial charge in [-0.2, -0.15) is 0 Å². The smallest absolute Gasteiger partial charge is 0.338 e. The molecule has 0 saturated carbocycles. The van der Waals surface area contributed by atoms with Gasteiger partial charge in [-0.25, -0.2) is 4.79 Å². The molecule has 0 amide bonds. The summed E-state index contributed by atoms with van der Waals surface area (Å²) in [6, 6.07) is 25.0. The van der Waals surface area contributed by atoms with Crippen molar-refractivity contribution in [3.63, 3.8) is 0 Å². The van der Waals surface area contributed by atoms with Crippen molar-refractivity contribution >= 4 is 45.6 Å². The van der Waals surface area contributed by atoms with E-state index in [0.29, 0.717) is 35.4 Å². The Balaban J connectivity index is 1.55. The molecule has 0 fully saturated rings. The van der Waals surface area contributed by atoms with Crippen LogP contribution in [0.5, 0.6) is 5.75 Å². The van der Waals surface area contributed by atoms with Crippen LogP contribution in [0.4, 0.5) is 5.69 Å². The third-order valence-electron chi connectivity index (χ3n) is 5.24. The van der Waals surface area contributed by atoms with E-state index in [2.05, 4.69) is 23.5 Å². The number of benzene rings is 4. The molecule has 4 rings (SSSR count). The molecule has 0 aliphatic rings. The van der Waals surface area contributed by atoms with E-state index in [9.17, 15) is 4.79 Å². The van der Waals surface area contributed by atoms with Crippen LogP contribution in [0, 0.1) is 0 Å². The summed E-state index contributed by atoms with van der Waals surface area (Å²) in [6.07, 6.45) is 0. The van der Waals surface area contributed by atoms with Gasteiger partial charge in [0.25, 0.3) is 0 Å². The molecule has 6 heteroatoms. The van der Waals surface area contributed by atoms with Crippen LogP contribution in [0.2, 0.25) is 10.0 Å². The second kappa shape index (κ2) is 10.6. The Labute approximate surface area is 203 Å². The maximum atomic E-state index is 11.9. The summed E-state index contributed by atoms with van der Waals surface area (Å²) in [5.41, 5.74) is 3.40. The zero-order valence-corrected chi connectivity index (χ0v) is 19.6. The second-order valence-corrected chi connectivity index (χ2v) is 8.27. The molecule has 0 heterocycles. The van der Waals surface area contributed by atoms with Crippen LogP contribution in [-0.4, -0.2) is 12.6 Å². The van der Waals surface area contributed by atoms with Gasteiger partial charge in [0.05, 0.1) is 22.2 Å². The number of rotatable bonds is 8. The van der Waals surface area contributed by atoms with Crippen molar-refractivity contribution in [2.24, 2.45) is 0 Å². The van der Waals surface area contributed by atoms with Gasteiger partial charge in [-0.05, 0) is 65.7 Å². The van der Waals surface area contributed by atoms with Crippen LogP contribution < -0.4 is 10.1 Å². The fourth-order valence-corrected chi connectivity index (χ4v) is 3.87. The lowest BCUT2D eigenvalue weighted by molar-refractivity contribution is 0.0526. The molecule has 0 aliphatic heterocycles. The first-order valence-electron chi connectivity index (χ1n) is 10.6. The van der Waals surface area contributed by atoms with Gasteiger partial charge in [-0.15, -0.1) is 0 Å². The average molecular weight is 480 g/mol. The molecule has 4 aromatic rings. The lowest BCUT2D eigenvalue weighted by Gasteiger charge is -2.16.